The number of ether oxygens (including phenoxy) is 1. The van der Waals surface area contributed by atoms with Gasteiger partial charge in [0.2, 0.25) is 0 Å². The first-order valence-electron chi connectivity index (χ1n) is 8.14. The molecule has 22 heavy (non-hydrogen) atoms. The zero-order valence-corrected chi connectivity index (χ0v) is 15.0. The summed E-state index contributed by atoms with van der Waals surface area (Å²) in [5.41, 5.74) is -2.22. The molecule has 0 aromatic rings. The topological polar surface area (TPSA) is 69.9 Å². The van der Waals surface area contributed by atoms with Crippen molar-refractivity contribution in [3.63, 3.8) is 0 Å². The maximum absolute atomic E-state index is 10.4. The molecule has 0 aliphatic heterocycles. The summed E-state index contributed by atoms with van der Waals surface area (Å²) in [5.74, 6) is 6.18. The van der Waals surface area contributed by atoms with Gasteiger partial charge < -0.3 is 20.1 Å². The number of methoxy groups -OCH3 is 1. The molecule has 0 bridgehead atoms. The molecule has 130 valence electrons. The molecule has 0 aliphatic rings. The minimum absolute atomic E-state index is 0.00666. The molecule has 0 saturated carbocycles. The Labute approximate surface area is 135 Å². The van der Waals surface area contributed by atoms with E-state index in [1.165, 1.54) is 0 Å². The smallest absolute Gasteiger partial charge is 0.123 e. The second kappa shape index (κ2) is 9.52. The fourth-order valence-electron chi connectivity index (χ4n) is 2.85. The molecule has 0 amide bonds. The minimum Gasteiger partial charge on any atom is -0.396 e. The second-order valence-corrected chi connectivity index (χ2v) is 7.31. The molecule has 0 fully saturated rings. The maximum Gasteiger partial charge on any atom is 0.123 e. The van der Waals surface area contributed by atoms with Crippen molar-refractivity contribution in [1.82, 2.24) is 0 Å². The highest BCUT2D eigenvalue weighted by molar-refractivity contribution is 5.19. The standard InChI is InChI=1S/C18H34O4/c1-14(2)12-17(4,20)8-9-18(5,21)13-15(3)11-16(22-6)7-10-19/h14-16,19-21H,7,10-13H2,1-6H3. The Kier molecular flexibility index (Phi) is 9.26. The fourth-order valence-corrected chi connectivity index (χ4v) is 2.85. The lowest BCUT2D eigenvalue weighted by atomic mass is 9.88. The molecule has 3 N–H and O–H groups in total. The maximum atomic E-state index is 10.4. The van der Waals surface area contributed by atoms with E-state index in [9.17, 15) is 10.2 Å². The van der Waals surface area contributed by atoms with E-state index in [1.807, 2.05) is 20.8 Å². The Morgan fingerprint density at radius 1 is 1.00 bits per heavy atom. The first kappa shape index (κ1) is 21.4. The average molecular weight is 314 g/mol. The van der Waals surface area contributed by atoms with E-state index in [2.05, 4.69) is 11.8 Å². The van der Waals surface area contributed by atoms with Crippen LogP contribution in [0.3, 0.4) is 0 Å². The molecule has 4 atom stereocenters. The van der Waals surface area contributed by atoms with Gasteiger partial charge in [0.1, 0.15) is 11.2 Å². The summed E-state index contributed by atoms with van der Waals surface area (Å²) in [5, 5.41) is 29.6. The molecular formula is C18H34O4. The lowest BCUT2D eigenvalue weighted by molar-refractivity contribution is 0.0408. The van der Waals surface area contributed by atoms with E-state index >= 15 is 0 Å². The third kappa shape index (κ3) is 10.2. The molecule has 4 heteroatoms. The summed E-state index contributed by atoms with van der Waals surface area (Å²) in [6.45, 7) is 9.55. The van der Waals surface area contributed by atoms with Crippen LogP contribution in [0.25, 0.3) is 0 Å². The highest BCUT2D eigenvalue weighted by Crippen LogP contribution is 2.23. The molecule has 0 rings (SSSR count). The number of aliphatic hydroxyl groups excluding tert-OH is 1. The highest BCUT2D eigenvalue weighted by Gasteiger charge is 2.25. The Morgan fingerprint density at radius 2 is 1.50 bits per heavy atom. The third-order valence-electron chi connectivity index (χ3n) is 3.60. The minimum atomic E-state index is -1.14. The van der Waals surface area contributed by atoms with Crippen LogP contribution in [0.15, 0.2) is 0 Å². The van der Waals surface area contributed by atoms with Crippen molar-refractivity contribution >= 4 is 0 Å². The third-order valence-corrected chi connectivity index (χ3v) is 3.60. The predicted octanol–water partition coefficient (Wildman–Crippen LogP) is 2.35. The highest BCUT2D eigenvalue weighted by atomic mass is 16.5. The van der Waals surface area contributed by atoms with E-state index in [0.29, 0.717) is 25.2 Å². The van der Waals surface area contributed by atoms with Gasteiger partial charge in [-0.3, -0.25) is 0 Å². The molecule has 0 aromatic heterocycles. The van der Waals surface area contributed by atoms with E-state index in [-0.39, 0.29) is 18.6 Å². The molecule has 4 unspecified atom stereocenters. The van der Waals surface area contributed by atoms with Gasteiger partial charge in [0, 0.05) is 13.7 Å². The summed E-state index contributed by atoms with van der Waals surface area (Å²) in [6, 6.07) is 0. The molecular weight excluding hydrogens is 280 g/mol. The number of hydrogen-bond donors (Lipinski definition) is 3. The normalized spacial score (nSPS) is 19.7. The summed E-state index contributed by atoms with van der Waals surface area (Å²) in [4.78, 5) is 0. The van der Waals surface area contributed by atoms with Crippen LogP contribution in [0.1, 0.15) is 60.3 Å². The monoisotopic (exact) mass is 314 g/mol. The lowest BCUT2D eigenvalue weighted by Crippen LogP contribution is -2.30. The molecule has 0 heterocycles. The largest absolute Gasteiger partial charge is 0.396 e. The number of hydrogen-bond acceptors (Lipinski definition) is 4. The Hall–Kier alpha value is -0.600. The van der Waals surface area contributed by atoms with Crippen LogP contribution in [0.2, 0.25) is 0 Å². The van der Waals surface area contributed by atoms with E-state index < -0.39 is 11.2 Å². The number of aliphatic hydroxyl groups is 3. The van der Waals surface area contributed by atoms with Gasteiger partial charge in [-0.1, -0.05) is 32.6 Å². The molecule has 0 aliphatic carbocycles. The zero-order chi connectivity index (χ0) is 17.4. The van der Waals surface area contributed by atoms with Gasteiger partial charge in [0.15, 0.2) is 0 Å². The van der Waals surface area contributed by atoms with E-state index in [4.69, 9.17) is 9.84 Å². The van der Waals surface area contributed by atoms with Crippen molar-refractivity contribution in [3.05, 3.63) is 0 Å². The molecule has 0 radical (unpaired) electrons. The van der Waals surface area contributed by atoms with Crippen molar-refractivity contribution in [2.45, 2.75) is 77.6 Å². The summed E-state index contributed by atoms with van der Waals surface area (Å²) in [7, 11) is 1.63. The molecule has 0 saturated heterocycles. The summed E-state index contributed by atoms with van der Waals surface area (Å²) >= 11 is 0. The quantitative estimate of drug-likeness (QED) is 0.571. The zero-order valence-electron chi connectivity index (χ0n) is 15.0. The Balaban J connectivity index is 4.63. The van der Waals surface area contributed by atoms with Gasteiger partial charge in [-0.25, -0.2) is 0 Å². The van der Waals surface area contributed by atoms with Crippen molar-refractivity contribution in [2.24, 2.45) is 11.8 Å². The van der Waals surface area contributed by atoms with Crippen molar-refractivity contribution in [1.29, 1.82) is 0 Å². The van der Waals surface area contributed by atoms with Gasteiger partial charge in [-0.2, -0.15) is 0 Å². The van der Waals surface area contributed by atoms with Crippen LogP contribution in [-0.2, 0) is 4.74 Å². The van der Waals surface area contributed by atoms with Crippen LogP contribution in [-0.4, -0.2) is 46.3 Å². The van der Waals surface area contributed by atoms with Crippen LogP contribution in [0, 0.1) is 23.7 Å². The first-order chi connectivity index (χ1) is 10.0. The van der Waals surface area contributed by atoms with E-state index in [1.54, 1.807) is 21.0 Å². The number of rotatable bonds is 9. The second-order valence-electron chi connectivity index (χ2n) is 7.31. The average Bonchev–Trinajstić information content (AvgIpc) is 2.34. The van der Waals surface area contributed by atoms with Gasteiger partial charge in [0.05, 0.1) is 6.10 Å². The lowest BCUT2D eigenvalue weighted by Gasteiger charge is -2.25. The SMILES string of the molecule is COC(CCO)CC(C)CC(C)(O)C#CC(C)(O)CC(C)C. The molecule has 4 nitrogen and oxygen atoms in total. The summed E-state index contributed by atoms with van der Waals surface area (Å²) in [6.07, 6.45) is 2.43. The Morgan fingerprint density at radius 3 is 1.91 bits per heavy atom. The van der Waals surface area contributed by atoms with Gasteiger partial charge in [-0.05, 0) is 51.4 Å². The van der Waals surface area contributed by atoms with Gasteiger partial charge in [-0.15, -0.1) is 0 Å². The predicted molar refractivity (Wildman–Crippen MR) is 89.4 cm³/mol. The van der Waals surface area contributed by atoms with Crippen LogP contribution in [0.4, 0.5) is 0 Å². The fraction of sp³-hybridized carbons (Fsp3) is 0.889. The van der Waals surface area contributed by atoms with Crippen molar-refractivity contribution < 1.29 is 20.1 Å². The van der Waals surface area contributed by atoms with Crippen LogP contribution < -0.4 is 0 Å². The van der Waals surface area contributed by atoms with Crippen molar-refractivity contribution in [2.75, 3.05) is 13.7 Å². The van der Waals surface area contributed by atoms with Crippen molar-refractivity contribution in [3.8, 4) is 11.8 Å². The van der Waals surface area contributed by atoms with Gasteiger partial charge >= 0.3 is 0 Å². The van der Waals surface area contributed by atoms with Gasteiger partial charge in [0.25, 0.3) is 0 Å². The van der Waals surface area contributed by atoms with Crippen LogP contribution >= 0.6 is 0 Å². The molecule has 0 spiro atoms. The Bertz CT molecular complexity index is 363. The first-order valence-corrected chi connectivity index (χ1v) is 8.14. The van der Waals surface area contributed by atoms with E-state index in [0.717, 1.165) is 6.42 Å². The molecule has 0 aromatic carbocycles. The summed E-state index contributed by atoms with van der Waals surface area (Å²) < 4.78 is 5.32. The van der Waals surface area contributed by atoms with Crippen LogP contribution in [0.5, 0.6) is 0 Å².